The lowest BCUT2D eigenvalue weighted by Gasteiger charge is -2.11. The van der Waals surface area contributed by atoms with Crippen LogP contribution in [-0.2, 0) is 0 Å². The SMILES string of the molecule is CCNc1ncnc(Sc2cccc(Cl)c2)c1OC. The second-order valence-corrected chi connectivity index (χ2v) is 5.15. The molecule has 1 aromatic carbocycles. The summed E-state index contributed by atoms with van der Waals surface area (Å²) in [7, 11) is 1.61. The largest absolute Gasteiger partial charge is 0.490 e. The molecular formula is C13H14ClN3OS. The van der Waals surface area contributed by atoms with E-state index in [0.29, 0.717) is 16.6 Å². The van der Waals surface area contributed by atoms with Crippen LogP contribution < -0.4 is 10.1 Å². The van der Waals surface area contributed by atoms with Gasteiger partial charge in [0.25, 0.3) is 0 Å². The molecule has 6 heteroatoms. The Kier molecular flexibility index (Phi) is 4.87. The van der Waals surface area contributed by atoms with Gasteiger partial charge in [0.05, 0.1) is 7.11 Å². The Labute approximate surface area is 121 Å². The molecule has 0 radical (unpaired) electrons. The third-order valence-electron chi connectivity index (χ3n) is 2.33. The Morgan fingerprint density at radius 2 is 2.21 bits per heavy atom. The summed E-state index contributed by atoms with van der Waals surface area (Å²) in [5, 5.41) is 4.61. The van der Waals surface area contributed by atoms with Crippen molar-refractivity contribution in [1.29, 1.82) is 0 Å². The summed E-state index contributed by atoms with van der Waals surface area (Å²) in [5.41, 5.74) is 0. The summed E-state index contributed by atoms with van der Waals surface area (Å²) in [5.74, 6) is 1.35. The summed E-state index contributed by atoms with van der Waals surface area (Å²) in [6, 6.07) is 7.61. The van der Waals surface area contributed by atoms with E-state index in [1.165, 1.54) is 18.1 Å². The normalized spacial score (nSPS) is 10.3. The molecule has 2 rings (SSSR count). The summed E-state index contributed by atoms with van der Waals surface area (Å²) in [6.07, 6.45) is 1.52. The molecule has 2 aromatic rings. The first-order valence-corrected chi connectivity index (χ1v) is 7.00. The lowest BCUT2D eigenvalue weighted by atomic mass is 10.4. The molecule has 0 aliphatic heterocycles. The molecule has 0 spiro atoms. The highest BCUT2D eigenvalue weighted by Crippen LogP contribution is 2.37. The molecule has 0 bridgehead atoms. The molecule has 1 heterocycles. The molecule has 0 saturated heterocycles. The van der Waals surface area contributed by atoms with Crippen molar-refractivity contribution in [3.63, 3.8) is 0 Å². The summed E-state index contributed by atoms with van der Waals surface area (Å²) >= 11 is 7.47. The zero-order chi connectivity index (χ0) is 13.7. The smallest absolute Gasteiger partial charge is 0.194 e. The molecule has 100 valence electrons. The molecule has 0 fully saturated rings. The second kappa shape index (κ2) is 6.63. The van der Waals surface area contributed by atoms with E-state index in [1.54, 1.807) is 7.11 Å². The fraction of sp³-hybridized carbons (Fsp3) is 0.231. The fourth-order valence-electron chi connectivity index (χ4n) is 1.55. The first-order valence-electron chi connectivity index (χ1n) is 5.81. The number of hydrogen-bond donors (Lipinski definition) is 1. The number of halogens is 1. The Balaban J connectivity index is 2.31. The van der Waals surface area contributed by atoms with Crippen LogP contribution in [0.15, 0.2) is 40.5 Å². The summed E-state index contributed by atoms with van der Waals surface area (Å²) in [6.45, 7) is 2.78. The van der Waals surface area contributed by atoms with Gasteiger partial charge in [-0.25, -0.2) is 9.97 Å². The van der Waals surface area contributed by atoms with Gasteiger partial charge in [-0.05, 0) is 25.1 Å². The number of aromatic nitrogens is 2. The standard InChI is InChI=1S/C13H14ClN3OS/c1-3-15-12-11(18-2)13(17-8-16-12)19-10-6-4-5-9(14)7-10/h4-8H,3H2,1-2H3,(H,15,16,17). The summed E-state index contributed by atoms with van der Waals surface area (Å²) < 4.78 is 5.39. The average Bonchev–Trinajstić information content (AvgIpc) is 2.39. The van der Waals surface area contributed by atoms with Crippen LogP contribution in [-0.4, -0.2) is 23.6 Å². The van der Waals surface area contributed by atoms with E-state index < -0.39 is 0 Å². The van der Waals surface area contributed by atoms with E-state index >= 15 is 0 Å². The van der Waals surface area contributed by atoms with Crippen LogP contribution in [0.4, 0.5) is 5.82 Å². The molecule has 0 amide bonds. The summed E-state index contributed by atoms with van der Waals surface area (Å²) in [4.78, 5) is 9.44. The maximum absolute atomic E-state index is 5.98. The van der Waals surface area contributed by atoms with Gasteiger partial charge in [-0.1, -0.05) is 29.4 Å². The highest BCUT2D eigenvalue weighted by molar-refractivity contribution is 7.99. The average molecular weight is 296 g/mol. The zero-order valence-corrected chi connectivity index (χ0v) is 12.3. The van der Waals surface area contributed by atoms with Gasteiger partial charge in [0.1, 0.15) is 11.4 Å². The van der Waals surface area contributed by atoms with Crippen LogP contribution in [0, 0.1) is 0 Å². The van der Waals surface area contributed by atoms with Crippen molar-refractivity contribution >= 4 is 29.2 Å². The van der Waals surface area contributed by atoms with Gasteiger partial charge in [0, 0.05) is 16.5 Å². The van der Waals surface area contributed by atoms with Crippen LogP contribution in [0.2, 0.25) is 5.02 Å². The molecule has 0 saturated carbocycles. The molecular weight excluding hydrogens is 282 g/mol. The number of hydrogen-bond acceptors (Lipinski definition) is 5. The Hall–Kier alpha value is -1.46. The minimum atomic E-state index is 0.648. The molecule has 19 heavy (non-hydrogen) atoms. The quantitative estimate of drug-likeness (QED) is 0.852. The van der Waals surface area contributed by atoms with E-state index in [-0.39, 0.29) is 0 Å². The molecule has 0 unspecified atom stereocenters. The van der Waals surface area contributed by atoms with Crippen LogP contribution in [0.3, 0.4) is 0 Å². The third-order valence-corrected chi connectivity index (χ3v) is 3.54. The van der Waals surface area contributed by atoms with Gasteiger partial charge >= 0.3 is 0 Å². The van der Waals surface area contributed by atoms with E-state index in [9.17, 15) is 0 Å². The van der Waals surface area contributed by atoms with E-state index in [2.05, 4.69) is 15.3 Å². The number of rotatable bonds is 5. The second-order valence-electron chi connectivity index (χ2n) is 3.65. The van der Waals surface area contributed by atoms with E-state index in [1.807, 2.05) is 31.2 Å². The minimum Gasteiger partial charge on any atom is -0.490 e. The monoisotopic (exact) mass is 295 g/mol. The molecule has 0 aliphatic rings. The Bertz CT molecular complexity index is 565. The van der Waals surface area contributed by atoms with Gasteiger partial charge in [-0.15, -0.1) is 0 Å². The zero-order valence-electron chi connectivity index (χ0n) is 10.7. The van der Waals surface area contributed by atoms with Crippen molar-refractivity contribution in [2.24, 2.45) is 0 Å². The lowest BCUT2D eigenvalue weighted by Crippen LogP contribution is -2.03. The number of nitrogens with zero attached hydrogens (tertiary/aromatic N) is 2. The molecule has 0 aliphatic carbocycles. The van der Waals surface area contributed by atoms with Crippen LogP contribution in [0.1, 0.15) is 6.92 Å². The van der Waals surface area contributed by atoms with Crippen molar-refractivity contribution in [1.82, 2.24) is 9.97 Å². The van der Waals surface area contributed by atoms with Crippen LogP contribution >= 0.6 is 23.4 Å². The number of nitrogens with one attached hydrogen (secondary N) is 1. The molecule has 1 N–H and O–H groups in total. The molecule has 1 aromatic heterocycles. The van der Waals surface area contributed by atoms with Crippen LogP contribution in [0.5, 0.6) is 5.75 Å². The van der Waals surface area contributed by atoms with E-state index in [4.69, 9.17) is 16.3 Å². The highest BCUT2D eigenvalue weighted by Gasteiger charge is 2.12. The van der Waals surface area contributed by atoms with Gasteiger partial charge < -0.3 is 10.1 Å². The lowest BCUT2D eigenvalue weighted by molar-refractivity contribution is 0.400. The number of ether oxygens (including phenoxy) is 1. The predicted molar refractivity (Wildman–Crippen MR) is 78.3 cm³/mol. The van der Waals surface area contributed by atoms with E-state index in [0.717, 1.165) is 16.5 Å². The Morgan fingerprint density at radius 3 is 2.89 bits per heavy atom. The third kappa shape index (κ3) is 3.52. The van der Waals surface area contributed by atoms with Gasteiger partial charge in [0.2, 0.25) is 0 Å². The first kappa shape index (κ1) is 14.0. The number of anilines is 1. The van der Waals surface area contributed by atoms with Crippen molar-refractivity contribution in [2.45, 2.75) is 16.8 Å². The predicted octanol–water partition coefficient (Wildman–Crippen LogP) is 3.72. The number of methoxy groups -OCH3 is 1. The van der Waals surface area contributed by atoms with Crippen LogP contribution in [0.25, 0.3) is 0 Å². The maximum Gasteiger partial charge on any atom is 0.194 e. The van der Waals surface area contributed by atoms with Crippen molar-refractivity contribution in [3.8, 4) is 5.75 Å². The van der Waals surface area contributed by atoms with Gasteiger partial charge in [-0.2, -0.15) is 0 Å². The fourth-order valence-corrected chi connectivity index (χ4v) is 2.73. The van der Waals surface area contributed by atoms with Gasteiger partial charge in [0.15, 0.2) is 11.6 Å². The first-order chi connectivity index (χ1) is 9.24. The van der Waals surface area contributed by atoms with Crippen molar-refractivity contribution in [3.05, 3.63) is 35.6 Å². The topological polar surface area (TPSA) is 47.0 Å². The van der Waals surface area contributed by atoms with Crippen molar-refractivity contribution in [2.75, 3.05) is 19.0 Å². The van der Waals surface area contributed by atoms with Gasteiger partial charge in [-0.3, -0.25) is 0 Å². The minimum absolute atomic E-state index is 0.648. The molecule has 4 nitrogen and oxygen atoms in total. The number of benzene rings is 1. The highest BCUT2D eigenvalue weighted by atomic mass is 35.5. The molecule has 0 atom stereocenters. The Morgan fingerprint density at radius 1 is 1.37 bits per heavy atom. The maximum atomic E-state index is 5.98. The van der Waals surface area contributed by atoms with Crippen molar-refractivity contribution < 1.29 is 4.74 Å².